The second-order valence-corrected chi connectivity index (χ2v) is 4.16. The number of primary amides is 1. The van der Waals surface area contributed by atoms with Crippen molar-refractivity contribution in [3.05, 3.63) is 28.8 Å². The first-order valence-corrected chi connectivity index (χ1v) is 5.67. The summed E-state index contributed by atoms with van der Waals surface area (Å²) in [6.07, 6.45) is 0.874. The summed E-state index contributed by atoms with van der Waals surface area (Å²) in [5, 5.41) is 3.00. The summed E-state index contributed by atoms with van der Waals surface area (Å²) < 4.78 is 5.31. The number of hydrogen-bond acceptors (Lipinski definition) is 3. The predicted octanol–water partition coefficient (Wildman–Crippen LogP) is 0.929. The van der Waals surface area contributed by atoms with Gasteiger partial charge in [0.1, 0.15) is 5.75 Å². The van der Waals surface area contributed by atoms with E-state index in [0.29, 0.717) is 0 Å². The molecule has 0 heterocycles. The minimum Gasteiger partial charge on any atom is -0.496 e. The molecule has 4 nitrogen and oxygen atoms in total. The van der Waals surface area contributed by atoms with Crippen molar-refractivity contribution in [1.29, 1.82) is 0 Å². The molecule has 1 aromatic carbocycles. The topological polar surface area (TPSA) is 64.3 Å². The summed E-state index contributed by atoms with van der Waals surface area (Å²) >= 11 is 0. The molecule has 0 aromatic heterocycles. The second kappa shape index (κ2) is 6.25. The van der Waals surface area contributed by atoms with E-state index in [1.54, 1.807) is 7.11 Å². The normalized spacial score (nSPS) is 10.3. The third kappa shape index (κ3) is 4.07. The van der Waals surface area contributed by atoms with Crippen molar-refractivity contribution in [2.24, 2.45) is 5.73 Å². The van der Waals surface area contributed by atoms with E-state index in [1.807, 2.05) is 13.8 Å². The van der Waals surface area contributed by atoms with Gasteiger partial charge < -0.3 is 15.8 Å². The maximum Gasteiger partial charge on any atom is 0.231 e. The van der Waals surface area contributed by atoms with Gasteiger partial charge in [-0.1, -0.05) is 12.1 Å². The summed E-state index contributed by atoms with van der Waals surface area (Å²) in [5.74, 6) is 0.617. The first-order valence-electron chi connectivity index (χ1n) is 5.67. The van der Waals surface area contributed by atoms with Gasteiger partial charge in [-0.3, -0.25) is 4.79 Å². The quantitative estimate of drug-likeness (QED) is 0.722. The van der Waals surface area contributed by atoms with Crippen molar-refractivity contribution >= 4 is 5.91 Å². The van der Waals surface area contributed by atoms with E-state index in [2.05, 4.69) is 17.4 Å². The van der Waals surface area contributed by atoms with Crippen LogP contribution in [-0.4, -0.2) is 26.1 Å². The van der Waals surface area contributed by atoms with Crippen molar-refractivity contribution in [3.63, 3.8) is 0 Å². The Balaban J connectivity index is 2.58. The summed E-state index contributed by atoms with van der Waals surface area (Å²) in [5.41, 5.74) is 8.55. The molecule has 17 heavy (non-hydrogen) atoms. The molecule has 0 saturated heterocycles. The second-order valence-electron chi connectivity index (χ2n) is 4.16. The maximum absolute atomic E-state index is 10.5. The number of amides is 1. The van der Waals surface area contributed by atoms with Crippen LogP contribution in [0.1, 0.15) is 16.7 Å². The molecule has 1 amide bonds. The number of rotatable bonds is 6. The van der Waals surface area contributed by atoms with Crippen molar-refractivity contribution in [2.75, 3.05) is 20.2 Å². The fraction of sp³-hybridized carbons (Fsp3) is 0.462. The number of methoxy groups -OCH3 is 1. The highest BCUT2D eigenvalue weighted by Gasteiger charge is 2.05. The standard InChI is InChI=1S/C13H20N2O2/c1-9-6-11(4-5-15-8-12(14)16)7-10(2)13(9)17-3/h6-7,15H,4-5,8H2,1-3H3,(H2,14,16). The van der Waals surface area contributed by atoms with Gasteiger partial charge in [-0.15, -0.1) is 0 Å². The van der Waals surface area contributed by atoms with Crippen LogP contribution < -0.4 is 15.8 Å². The maximum atomic E-state index is 10.5. The van der Waals surface area contributed by atoms with Crippen LogP contribution in [0, 0.1) is 13.8 Å². The lowest BCUT2D eigenvalue weighted by atomic mass is 10.0. The molecule has 0 fully saturated rings. The van der Waals surface area contributed by atoms with Gasteiger partial charge in [0.15, 0.2) is 0 Å². The third-order valence-corrected chi connectivity index (χ3v) is 2.61. The zero-order valence-corrected chi connectivity index (χ0v) is 10.7. The first-order chi connectivity index (χ1) is 8.04. The van der Waals surface area contributed by atoms with Crippen LogP contribution in [0.2, 0.25) is 0 Å². The molecule has 0 saturated carbocycles. The van der Waals surface area contributed by atoms with Gasteiger partial charge in [0.05, 0.1) is 13.7 Å². The molecule has 0 aliphatic rings. The largest absolute Gasteiger partial charge is 0.496 e. The van der Waals surface area contributed by atoms with Crippen LogP contribution in [0.5, 0.6) is 5.75 Å². The van der Waals surface area contributed by atoms with Crippen molar-refractivity contribution in [2.45, 2.75) is 20.3 Å². The van der Waals surface area contributed by atoms with Gasteiger partial charge in [0, 0.05) is 0 Å². The van der Waals surface area contributed by atoms with Gasteiger partial charge in [0.2, 0.25) is 5.91 Å². The number of hydrogen-bond donors (Lipinski definition) is 2. The third-order valence-electron chi connectivity index (χ3n) is 2.61. The first kappa shape index (κ1) is 13.5. The molecule has 0 spiro atoms. The smallest absolute Gasteiger partial charge is 0.231 e. The fourth-order valence-corrected chi connectivity index (χ4v) is 1.95. The van der Waals surface area contributed by atoms with E-state index in [0.717, 1.165) is 29.8 Å². The number of nitrogens with two attached hydrogens (primary N) is 1. The van der Waals surface area contributed by atoms with E-state index in [1.165, 1.54) is 5.56 Å². The van der Waals surface area contributed by atoms with Gasteiger partial charge >= 0.3 is 0 Å². The van der Waals surface area contributed by atoms with Crippen LogP contribution in [0.25, 0.3) is 0 Å². The molecule has 94 valence electrons. The predicted molar refractivity (Wildman–Crippen MR) is 68.2 cm³/mol. The molecule has 0 radical (unpaired) electrons. The number of benzene rings is 1. The highest BCUT2D eigenvalue weighted by Crippen LogP contribution is 2.24. The van der Waals surface area contributed by atoms with Crippen LogP contribution in [-0.2, 0) is 11.2 Å². The molecule has 3 N–H and O–H groups in total. The van der Waals surface area contributed by atoms with Crippen LogP contribution >= 0.6 is 0 Å². The Bertz CT molecular complexity index is 379. The van der Waals surface area contributed by atoms with E-state index in [-0.39, 0.29) is 12.5 Å². The highest BCUT2D eigenvalue weighted by molar-refractivity contribution is 5.75. The average Bonchev–Trinajstić information content (AvgIpc) is 2.24. The van der Waals surface area contributed by atoms with Crippen molar-refractivity contribution < 1.29 is 9.53 Å². The van der Waals surface area contributed by atoms with E-state index in [4.69, 9.17) is 10.5 Å². The molecule has 0 unspecified atom stereocenters. The minimum absolute atomic E-state index is 0.230. The Labute approximate surface area is 102 Å². The van der Waals surface area contributed by atoms with Crippen molar-refractivity contribution in [3.8, 4) is 5.75 Å². The minimum atomic E-state index is -0.327. The van der Waals surface area contributed by atoms with Gasteiger partial charge in [-0.05, 0) is 43.5 Å². The van der Waals surface area contributed by atoms with Crippen LogP contribution in [0.15, 0.2) is 12.1 Å². The number of ether oxygens (including phenoxy) is 1. The fourth-order valence-electron chi connectivity index (χ4n) is 1.95. The van der Waals surface area contributed by atoms with E-state index >= 15 is 0 Å². The number of aryl methyl sites for hydroxylation is 2. The van der Waals surface area contributed by atoms with Gasteiger partial charge in [-0.25, -0.2) is 0 Å². The Hall–Kier alpha value is -1.55. The molecule has 4 heteroatoms. The Morgan fingerprint density at radius 3 is 2.41 bits per heavy atom. The van der Waals surface area contributed by atoms with Crippen LogP contribution in [0.4, 0.5) is 0 Å². The number of carbonyl (C=O) groups is 1. The van der Waals surface area contributed by atoms with E-state index < -0.39 is 0 Å². The lowest BCUT2D eigenvalue weighted by Gasteiger charge is -2.11. The number of nitrogens with one attached hydrogen (secondary N) is 1. The molecule has 0 atom stereocenters. The highest BCUT2D eigenvalue weighted by atomic mass is 16.5. The van der Waals surface area contributed by atoms with Gasteiger partial charge in [-0.2, -0.15) is 0 Å². The molecule has 0 aliphatic carbocycles. The lowest BCUT2D eigenvalue weighted by molar-refractivity contribution is -0.117. The monoisotopic (exact) mass is 236 g/mol. The Morgan fingerprint density at radius 1 is 1.35 bits per heavy atom. The zero-order chi connectivity index (χ0) is 12.8. The molecule has 0 bridgehead atoms. The van der Waals surface area contributed by atoms with E-state index in [9.17, 15) is 4.79 Å². The summed E-state index contributed by atoms with van der Waals surface area (Å²) in [4.78, 5) is 10.5. The SMILES string of the molecule is COc1c(C)cc(CCNCC(N)=O)cc1C. The molecule has 1 aromatic rings. The lowest BCUT2D eigenvalue weighted by Crippen LogP contribution is -2.29. The molecule has 0 aliphatic heterocycles. The molecular formula is C13H20N2O2. The molecular weight excluding hydrogens is 216 g/mol. The van der Waals surface area contributed by atoms with Crippen molar-refractivity contribution in [1.82, 2.24) is 5.32 Å². The summed E-state index contributed by atoms with van der Waals surface area (Å²) in [7, 11) is 1.68. The molecule has 1 rings (SSSR count). The Kier molecular flexibility index (Phi) is 4.97. The summed E-state index contributed by atoms with van der Waals surface area (Å²) in [6, 6.07) is 4.22. The van der Waals surface area contributed by atoms with Gasteiger partial charge in [0.25, 0.3) is 0 Å². The average molecular weight is 236 g/mol. The Morgan fingerprint density at radius 2 is 1.94 bits per heavy atom. The zero-order valence-electron chi connectivity index (χ0n) is 10.7. The van der Waals surface area contributed by atoms with Crippen LogP contribution in [0.3, 0.4) is 0 Å². The number of carbonyl (C=O) groups excluding carboxylic acids is 1. The summed E-state index contributed by atoms with van der Waals surface area (Å²) in [6.45, 7) is 5.04.